The molecule has 5 nitrogen and oxygen atoms in total. The van der Waals surface area contributed by atoms with E-state index in [0.29, 0.717) is 30.2 Å². The van der Waals surface area contributed by atoms with Gasteiger partial charge >= 0.3 is 0 Å². The fourth-order valence-electron chi connectivity index (χ4n) is 2.72. The summed E-state index contributed by atoms with van der Waals surface area (Å²) in [5.41, 5.74) is 2.49. The molecule has 0 bridgehead atoms. The molecule has 112 valence electrons. The second-order valence-corrected chi connectivity index (χ2v) is 5.34. The van der Waals surface area contributed by atoms with Gasteiger partial charge in [0, 0.05) is 5.56 Å². The first-order valence-corrected chi connectivity index (χ1v) is 7.17. The molecule has 2 aliphatic heterocycles. The molecule has 2 heterocycles. The molecule has 0 aliphatic carbocycles. The highest BCUT2D eigenvalue weighted by atomic mass is 16.7. The number of hydrogen-bond donors (Lipinski definition) is 0. The molecule has 5 heteroatoms. The molecule has 0 N–H and O–H groups in total. The Kier molecular flexibility index (Phi) is 2.92. The van der Waals surface area contributed by atoms with Gasteiger partial charge in [-0.1, -0.05) is 6.07 Å². The van der Waals surface area contributed by atoms with Crippen molar-refractivity contribution in [3.63, 3.8) is 0 Å². The van der Waals surface area contributed by atoms with Crippen molar-refractivity contribution >= 4 is 11.6 Å². The zero-order valence-corrected chi connectivity index (χ0v) is 12.2. The number of nitrogens with zero attached hydrogens (tertiary/aromatic N) is 1. The third-order valence-corrected chi connectivity index (χ3v) is 3.84. The molecule has 0 unspecified atom stereocenters. The molecule has 0 spiro atoms. The Labute approximate surface area is 128 Å². The van der Waals surface area contributed by atoms with E-state index < -0.39 is 0 Å². The van der Waals surface area contributed by atoms with Crippen LogP contribution in [0.5, 0.6) is 17.2 Å². The van der Waals surface area contributed by atoms with Crippen molar-refractivity contribution in [3.8, 4) is 17.2 Å². The maximum atomic E-state index is 12.8. The lowest BCUT2D eigenvalue weighted by molar-refractivity contribution is 0.0976. The first kappa shape index (κ1) is 13.0. The van der Waals surface area contributed by atoms with Crippen molar-refractivity contribution in [3.05, 3.63) is 47.5 Å². The number of fused-ring (bicyclic) bond motifs is 2. The average molecular weight is 297 g/mol. The minimum atomic E-state index is -0.0616. The third kappa shape index (κ3) is 2.06. The van der Waals surface area contributed by atoms with Gasteiger partial charge in [-0.25, -0.2) is 0 Å². The molecule has 0 saturated carbocycles. The van der Waals surface area contributed by atoms with Crippen LogP contribution >= 0.6 is 0 Å². The van der Waals surface area contributed by atoms with Crippen LogP contribution in [0.4, 0.5) is 5.69 Å². The Balaban J connectivity index is 1.71. The Morgan fingerprint density at radius 1 is 1.00 bits per heavy atom. The SMILES string of the molecule is Cc1ccc2c(c1)N(C(=O)c1ccc3c(c1)OCO3)CCO2. The second-order valence-electron chi connectivity index (χ2n) is 5.34. The van der Waals surface area contributed by atoms with Crippen LogP contribution in [-0.4, -0.2) is 25.9 Å². The van der Waals surface area contributed by atoms with Crippen molar-refractivity contribution in [2.75, 3.05) is 24.8 Å². The van der Waals surface area contributed by atoms with Gasteiger partial charge in [0.05, 0.1) is 12.2 Å². The minimum absolute atomic E-state index is 0.0616. The third-order valence-electron chi connectivity index (χ3n) is 3.84. The summed E-state index contributed by atoms with van der Waals surface area (Å²) in [6, 6.07) is 11.1. The van der Waals surface area contributed by atoms with Crippen LogP contribution in [0.2, 0.25) is 0 Å². The molecule has 4 rings (SSSR count). The molecule has 0 fully saturated rings. The molecule has 2 aromatic carbocycles. The molecule has 22 heavy (non-hydrogen) atoms. The van der Waals surface area contributed by atoms with Gasteiger partial charge in [-0.2, -0.15) is 0 Å². The second kappa shape index (κ2) is 4.94. The Hall–Kier alpha value is -2.69. The molecule has 0 aromatic heterocycles. The summed E-state index contributed by atoms with van der Waals surface area (Å²) in [6.07, 6.45) is 0. The summed E-state index contributed by atoms with van der Waals surface area (Å²) in [7, 11) is 0. The number of aryl methyl sites for hydroxylation is 1. The summed E-state index contributed by atoms with van der Waals surface area (Å²) in [5.74, 6) is 1.97. The highest BCUT2D eigenvalue weighted by Crippen LogP contribution is 2.36. The van der Waals surface area contributed by atoms with Gasteiger partial charge in [0.1, 0.15) is 12.4 Å². The molecular weight excluding hydrogens is 282 g/mol. The van der Waals surface area contributed by atoms with E-state index in [1.807, 2.05) is 25.1 Å². The largest absolute Gasteiger partial charge is 0.490 e. The van der Waals surface area contributed by atoms with Crippen LogP contribution in [0.1, 0.15) is 15.9 Å². The van der Waals surface area contributed by atoms with E-state index in [0.717, 1.165) is 17.0 Å². The Morgan fingerprint density at radius 2 is 1.82 bits per heavy atom. The molecule has 2 aromatic rings. The van der Waals surface area contributed by atoms with Gasteiger partial charge in [0.2, 0.25) is 6.79 Å². The monoisotopic (exact) mass is 297 g/mol. The van der Waals surface area contributed by atoms with Gasteiger partial charge < -0.3 is 19.1 Å². The van der Waals surface area contributed by atoms with Gasteiger partial charge in [0.15, 0.2) is 11.5 Å². The number of amides is 1. The Bertz CT molecular complexity index is 756. The number of anilines is 1. The van der Waals surface area contributed by atoms with Crippen molar-refractivity contribution < 1.29 is 19.0 Å². The van der Waals surface area contributed by atoms with Crippen molar-refractivity contribution in [2.45, 2.75) is 6.92 Å². The van der Waals surface area contributed by atoms with Crippen LogP contribution in [0, 0.1) is 6.92 Å². The summed E-state index contributed by atoms with van der Waals surface area (Å²) < 4.78 is 16.3. The molecule has 0 radical (unpaired) electrons. The first-order valence-electron chi connectivity index (χ1n) is 7.17. The topological polar surface area (TPSA) is 48.0 Å². The number of benzene rings is 2. The summed E-state index contributed by atoms with van der Waals surface area (Å²) in [6.45, 7) is 3.22. The predicted octanol–water partition coefficient (Wildman–Crippen LogP) is 2.76. The fraction of sp³-hybridized carbons (Fsp3) is 0.235. The lowest BCUT2D eigenvalue weighted by Crippen LogP contribution is -2.38. The zero-order chi connectivity index (χ0) is 15.1. The zero-order valence-electron chi connectivity index (χ0n) is 12.2. The maximum absolute atomic E-state index is 12.8. The summed E-state index contributed by atoms with van der Waals surface area (Å²) >= 11 is 0. The van der Waals surface area contributed by atoms with Gasteiger partial charge in [-0.05, 0) is 42.8 Å². The van der Waals surface area contributed by atoms with Crippen LogP contribution in [-0.2, 0) is 0 Å². The van der Waals surface area contributed by atoms with Crippen molar-refractivity contribution in [1.82, 2.24) is 0 Å². The normalized spacial score (nSPS) is 15.2. The molecule has 2 aliphatic rings. The van der Waals surface area contributed by atoms with Gasteiger partial charge in [-0.15, -0.1) is 0 Å². The van der Waals surface area contributed by atoms with Crippen molar-refractivity contribution in [1.29, 1.82) is 0 Å². The lowest BCUT2D eigenvalue weighted by atomic mass is 10.1. The van der Waals surface area contributed by atoms with E-state index in [9.17, 15) is 4.79 Å². The standard InChI is InChI=1S/C17H15NO4/c1-11-2-4-14-13(8-11)18(6-7-20-14)17(19)12-3-5-15-16(9-12)22-10-21-15/h2-5,8-9H,6-7,10H2,1H3. The van der Waals surface area contributed by atoms with E-state index >= 15 is 0 Å². The maximum Gasteiger partial charge on any atom is 0.258 e. The van der Waals surface area contributed by atoms with E-state index in [-0.39, 0.29) is 12.7 Å². The summed E-state index contributed by atoms with van der Waals surface area (Å²) in [4.78, 5) is 14.6. The highest BCUT2D eigenvalue weighted by Gasteiger charge is 2.26. The first-order chi connectivity index (χ1) is 10.7. The number of rotatable bonds is 1. The summed E-state index contributed by atoms with van der Waals surface area (Å²) in [5, 5.41) is 0. The van der Waals surface area contributed by atoms with E-state index in [4.69, 9.17) is 14.2 Å². The van der Waals surface area contributed by atoms with Crippen LogP contribution in [0.3, 0.4) is 0 Å². The fourth-order valence-corrected chi connectivity index (χ4v) is 2.72. The van der Waals surface area contributed by atoms with Gasteiger partial charge in [-0.3, -0.25) is 4.79 Å². The van der Waals surface area contributed by atoms with Crippen molar-refractivity contribution in [2.24, 2.45) is 0 Å². The number of carbonyl (C=O) groups is 1. The molecular formula is C17H15NO4. The van der Waals surface area contributed by atoms with E-state index in [1.165, 1.54) is 0 Å². The minimum Gasteiger partial charge on any atom is -0.490 e. The number of ether oxygens (including phenoxy) is 3. The number of hydrogen-bond acceptors (Lipinski definition) is 4. The lowest BCUT2D eigenvalue weighted by Gasteiger charge is -2.30. The quantitative estimate of drug-likeness (QED) is 0.812. The van der Waals surface area contributed by atoms with Crippen LogP contribution < -0.4 is 19.1 Å². The smallest absolute Gasteiger partial charge is 0.258 e. The number of carbonyl (C=O) groups excluding carboxylic acids is 1. The van der Waals surface area contributed by atoms with E-state index in [1.54, 1.807) is 23.1 Å². The highest BCUT2D eigenvalue weighted by molar-refractivity contribution is 6.07. The Morgan fingerprint density at radius 3 is 2.73 bits per heavy atom. The van der Waals surface area contributed by atoms with E-state index in [2.05, 4.69) is 0 Å². The van der Waals surface area contributed by atoms with Crippen LogP contribution in [0.15, 0.2) is 36.4 Å². The molecule has 0 saturated heterocycles. The van der Waals surface area contributed by atoms with Gasteiger partial charge in [0.25, 0.3) is 5.91 Å². The molecule has 0 atom stereocenters. The predicted molar refractivity (Wildman–Crippen MR) is 80.9 cm³/mol. The average Bonchev–Trinajstić information content (AvgIpc) is 3.01. The molecule has 1 amide bonds. The van der Waals surface area contributed by atoms with Crippen LogP contribution in [0.25, 0.3) is 0 Å².